The number of fused-ring (bicyclic) bond motifs is 1. The molecule has 3 heterocycles. The fourth-order valence-electron chi connectivity index (χ4n) is 4.47. The van der Waals surface area contributed by atoms with Crippen LogP contribution in [0.2, 0.25) is 0 Å². The van der Waals surface area contributed by atoms with Crippen LogP contribution in [0.15, 0.2) is 0 Å². The molecule has 0 bridgehead atoms. The first-order valence-corrected chi connectivity index (χ1v) is 9.73. The van der Waals surface area contributed by atoms with E-state index in [9.17, 15) is 4.79 Å². The second kappa shape index (κ2) is 6.08. The summed E-state index contributed by atoms with van der Waals surface area (Å²) in [5, 5.41) is 0. The van der Waals surface area contributed by atoms with Crippen LogP contribution < -0.4 is 0 Å². The highest BCUT2D eigenvalue weighted by atomic mass is 79.9. The van der Waals surface area contributed by atoms with Crippen molar-refractivity contribution in [3.8, 4) is 0 Å². The Hall–Kier alpha value is 0.0300. The maximum atomic E-state index is 11.1. The van der Waals surface area contributed by atoms with Gasteiger partial charge in [-0.3, -0.25) is 0 Å². The molecule has 0 unspecified atom stereocenters. The lowest BCUT2D eigenvalue weighted by atomic mass is 9.77. The lowest BCUT2D eigenvalue weighted by molar-refractivity contribution is -0.284. The number of carbonyl (C=O) groups is 1. The van der Waals surface area contributed by atoms with E-state index in [1.165, 1.54) is 0 Å². The number of carbonyl (C=O) groups excluding carboxylic acids is 1. The first-order valence-electron chi connectivity index (χ1n) is 8.81. The molecule has 0 spiro atoms. The molecule has 4 nitrogen and oxygen atoms in total. The van der Waals surface area contributed by atoms with Crippen molar-refractivity contribution in [2.24, 2.45) is 0 Å². The minimum Gasteiger partial charge on any atom is -0.369 e. The van der Waals surface area contributed by atoms with Gasteiger partial charge in [-0.05, 0) is 66.2 Å². The molecule has 5 heteroatoms. The molecule has 0 amide bonds. The molecule has 0 aromatic carbocycles. The van der Waals surface area contributed by atoms with Crippen molar-refractivity contribution in [2.75, 3.05) is 0 Å². The molecule has 0 aromatic rings. The number of alkyl halides is 1. The average Bonchev–Trinajstić information content (AvgIpc) is 2.49. The van der Waals surface area contributed by atoms with Gasteiger partial charge in [0.15, 0.2) is 0 Å². The summed E-state index contributed by atoms with van der Waals surface area (Å²) in [6, 6.07) is 0. The van der Waals surface area contributed by atoms with Crippen molar-refractivity contribution >= 4 is 22.2 Å². The molecule has 0 radical (unpaired) electrons. The highest BCUT2D eigenvalue weighted by molar-refractivity contribution is 9.09. The third-order valence-corrected chi connectivity index (χ3v) is 7.58. The number of aldehydes is 1. The summed E-state index contributed by atoms with van der Waals surface area (Å²) >= 11 is 3.74. The Morgan fingerprint density at radius 2 is 1.61 bits per heavy atom. The Kier molecular flexibility index (Phi) is 4.72. The quantitative estimate of drug-likeness (QED) is 0.533. The number of hydrogen-bond donors (Lipinski definition) is 0. The van der Waals surface area contributed by atoms with Crippen LogP contribution in [0.1, 0.15) is 66.2 Å². The summed E-state index contributed by atoms with van der Waals surface area (Å²) in [5.74, 6) is 0. The molecule has 3 aliphatic rings. The molecule has 0 aromatic heterocycles. The van der Waals surface area contributed by atoms with Crippen molar-refractivity contribution in [3.63, 3.8) is 0 Å². The van der Waals surface area contributed by atoms with Gasteiger partial charge in [0.05, 0.1) is 29.0 Å². The van der Waals surface area contributed by atoms with Crippen LogP contribution in [0.25, 0.3) is 0 Å². The predicted molar refractivity (Wildman–Crippen MR) is 92.0 cm³/mol. The summed E-state index contributed by atoms with van der Waals surface area (Å²) in [7, 11) is 0. The third-order valence-electron chi connectivity index (χ3n) is 6.02. The number of ether oxygens (including phenoxy) is 3. The Balaban J connectivity index is 1.71. The van der Waals surface area contributed by atoms with Crippen LogP contribution in [-0.2, 0) is 19.0 Å². The lowest BCUT2D eigenvalue weighted by Gasteiger charge is -2.55. The SMILES string of the molecule is CC1(C)O[C@](C)([C@H]2CC[C@]3(C)O[C@@H](C=O)CC[C@H]3O2)CC[C@H]1Br. The largest absolute Gasteiger partial charge is 0.369 e. The zero-order valence-electron chi connectivity index (χ0n) is 14.6. The maximum Gasteiger partial charge on any atom is 0.148 e. The van der Waals surface area contributed by atoms with E-state index in [0.717, 1.165) is 44.8 Å². The molecule has 0 N–H and O–H groups in total. The van der Waals surface area contributed by atoms with Crippen LogP contribution in [-0.4, -0.2) is 46.2 Å². The molecular weight excluding hydrogens is 360 g/mol. The first-order chi connectivity index (χ1) is 10.7. The molecule has 0 saturated carbocycles. The summed E-state index contributed by atoms with van der Waals surface area (Å²) < 4.78 is 19.0. The molecule has 3 fully saturated rings. The summed E-state index contributed by atoms with van der Waals surface area (Å²) in [5.41, 5.74) is -0.780. The highest BCUT2D eigenvalue weighted by Gasteiger charge is 2.53. The minimum atomic E-state index is -0.334. The molecule has 6 atom stereocenters. The van der Waals surface area contributed by atoms with Crippen molar-refractivity contribution in [1.82, 2.24) is 0 Å². The van der Waals surface area contributed by atoms with Crippen LogP contribution in [0.5, 0.6) is 0 Å². The van der Waals surface area contributed by atoms with E-state index in [4.69, 9.17) is 14.2 Å². The van der Waals surface area contributed by atoms with Crippen LogP contribution in [0, 0.1) is 0 Å². The zero-order chi connectivity index (χ0) is 16.9. The highest BCUT2D eigenvalue weighted by Crippen LogP contribution is 2.47. The summed E-state index contributed by atoms with van der Waals surface area (Å²) in [6.45, 7) is 8.58. The van der Waals surface area contributed by atoms with E-state index in [-0.39, 0.29) is 35.1 Å². The van der Waals surface area contributed by atoms with Gasteiger partial charge in [0.25, 0.3) is 0 Å². The van der Waals surface area contributed by atoms with Gasteiger partial charge in [-0.15, -0.1) is 0 Å². The first kappa shape index (κ1) is 17.8. The Morgan fingerprint density at radius 3 is 2.26 bits per heavy atom. The van der Waals surface area contributed by atoms with E-state index in [2.05, 4.69) is 43.6 Å². The molecule has 3 saturated heterocycles. The fourth-order valence-corrected chi connectivity index (χ4v) is 4.79. The summed E-state index contributed by atoms with van der Waals surface area (Å²) in [4.78, 5) is 11.4. The topological polar surface area (TPSA) is 44.8 Å². The zero-order valence-corrected chi connectivity index (χ0v) is 16.2. The average molecular weight is 389 g/mol. The van der Waals surface area contributed by atoms with E-state index in [1.807, 2.05) is 0 Å². The van der Waals surface area contributed by atoms with Crippen molar-refractivity contribution in [1.29, 1.82) is 0 Å². The molecule has 3 aliphatic heterocycles. The number of halogens is 1. The fraction of sp³-hybridized carbons (Fsp3) is 0.944. The molecule has 3 rings (SSSR count). The second-order valence-corrected chi connectivity index (χ2v) is 9.46. The van der Waals surface area contributed by atoms with Gasteiger partial charge in [0, 0.05) is 4.83 Å². The van der Waals surface area contributed by atoms with Gasteiger partial charge < -0.3 is 19.0 Å². The van der Waals surface area contributed by atoms with Crippen LogP contribution in [0.3, 0.4) is 0 Å². The second-order valence-electron chi connectivity index (χ2n) is 8.36. The van der Waals surface area contributed by atoms with Gasteiger partial charge in [-0.25, -0.2) is 0 Å². The smallest absolute Gasteiger partial charge is 0.148 e. The molecular formula is C18H29BrO4. The molecule has 132 valence electrons. The van der Waals surface area contributed by atoms with Gasteiger partial charge in [-0.2, -0.15) is 0 Å². The van der Waals surface area contributed by atoms with Gasteiger partial charge >= 0.3 is 0 Å². The Bertz CT molecular complexity index is 468. The number of hydrogen-bond acceptors (Lipinski definition) is 4. The Labute approximate surface area is 147 Å². The standard InChI is InChI=1S/C18H29BrO4/c1-16(2)13(19)7-9-18(4,23-16)15-8-10-17(3)14(21-15)6-5-12(11-20)22-17/h11-15H,5-10H2,1-4H3/t12-,13-,14-,15-,17+,18+/m1/s1. The lowest BCUT2D eigenvalue weighted by Crippen LogP contribution is -2.62. The van der Waals surface area contributed by atoms with Crippen LogP contribution >= 0.6 is 15.9 Å². The third kappa shape index (κ3) is 3.26. The van der Waals surface area contributed by atoms with Crippen molar-refractivity contribution in [3.05, 3.63) is 0 Å². The van der Waals surface area contributed by atoms with E-state index in [1.54, 1.807) is 0 Å². The van der Waals surface area contributed by atoms with Gasteiger partial charge in [0.1, 0.15) is 12.4 Å². The normalized spacial score (nSPS) is 50.1. The van der Waals surface area contributed by atoms with E-state index >= 15 is 0 Å². The van der Waals surface area contributed by atoms with Crippen molar-refractivity contribution in [2.45, 2.75) is 106 Å². The summed E-state index contributed by atoms with van der Waals surface area (Å²) in [6.07, 6.45) is 6.37. The monoisotopic (exact) mass is 388 g/mol. The van der Waals surface area contributed by atoms with Gasteiger partial charge in [-0.1, -0.05) is 15.9 Å². The molecule has 0 aliphatic carbocycles. The molecule has 23 heavy (non-hydrogen) atoms. The Morgan fingerprint density at radius 1 is 0.957 bits per heavy atom. The van der Waals surface area contributed by atoms with E-state index < -0.39 is 0 Å². The van der Waals surface area contributed by atoms with Crippen LogP contribution in [0.4, 0.5) is 0 Å². The van der Waals surface area contributed by atoms with E-state index in [0.29, 0.717) is 4.83 Å². The predicted octanol–water partition coefficient (Wildman–Crippen LogP) is 3.78. The maximum absolute atomic E-state index is 11.1. The van der Waals surface area contributed by atoms with Crippen molar-refractivity contribution < 1.29 is 19.0 Å². The minimum absolute atomic E-state index is 0.0580. The number of rotatable bonds is 2. The van der Waals surface area contributed by atoms with Gasteiger partial charge in [0.2, 0.25) is 0 Å².